The Morgan fingerprint density at radius 3 is 0.433 bits per heavy atom. The summed E-state index contributed by atoms with van der Waals surface area (Å²) in [6, 6.07) is 0. The molecule has 0 radical (unpaired) electrons. The summed E-state index contributed by atoms with van der Waals surface area (Å²) in [6.07, 6.45) is 0. The molecule has 0 unspecified atom stereocenters. The van der Waals surface area contributed by atoms with E-state index in [0.717, 1.165) is 139 Å². The van der Waals surface area contributed by atoms with Gasteiger partial charge >= 0.3 is 0 Å². The fourth-order valence-electron chi connectivity index (χ4n) is 6.38. The molecule has 1 rings (SSSR count). The maximum Gasteiger partial charge on any atom is 0.136 e. The summed E-state index contributed by atoms with van der Waals surface area (Å²) in [5.41, 5.74) is 8.04. The fourth-order valence-corrected chi connectivity index (χ4v) is 15.3. The normalized spacial score (nSPS) is 11.0. The molecule has 0 aliphatic rings. The Morgan fingerprint density at radius 1 is 0.250 bits per heavy atom. The van der Waals surface area contributed by atoms with E-state index in [-0.39, 0.29) is 0 Å². The second kappa shape index (κ2) is 33.2. The number of hydrogen-bond acceptors (Lipinski definition) is 12. The van der Waals surface area contributed by atoms with Crippen molar-refractivity contribution in [2.24, 2.45) is 0 Å². The van der Waals surface area contributed by atoms with Crippen molar-refractivity contribution in [2.45, 2.75) is 118 Å². The van der Waals surface area contributed by atoms with Crippen molar-refractivity contribution in [1.82, 2.24) is 29.4 Å². The predicted octanol–water partition coefficient (Wildman–Crippen LogP) is 12.8. The second-order valence-electron chi connectivity index (χ2n) is 13.2. The summed E-state index contributed by atoms with van der Waals surface area (Å²) < 4.78 is 5.56. The Labute approximate surface area is 424 Å². The third-order valence-corrected chi connectivity index (χ3v) is 19.7. The summed E-state index contributed by atoms with van der Waals surface area (Å²) in [7, 11) is 0. The molecule has 0 bridgehead atoms. The highest BCUT2D eigenvalue weighted by molar-refractivity contribution is 8.24. The number of benzene rings is 1. The Morgan fingerprint density at radius 2 is 0.350 bits per heavy atom. The maximum absolute atomic E-state index is 6.14. The van der Waals surface area contributed by atoms with Crippen LogP contribution in [0.1, 0.15) is 116 Å². The molecule has 0 amide bonds. The molecule has 0 N–H and O–H groups in total. The maximum atomic E-state index is 6.14. The molecule has 342 valence electrons. The second-order valence-corrected chi connectivity index (χ2v) is 22.9. The molecule has 0 heterocycles. The van der Waals surface area contributed by atoms with E-state index in [1.807, 2.05) is 0 Å². The van der Waals surface area contributed by atoms with E-state index < -0.39 is 0 Å². The van der Waals surface area contributed by atoms with Gasteiger partial charge in [-0.15, -0.1) is 0 Å². The molecule has 0 spiro atoms. The summed E-state index contributed by atoms with van der Waals surface area (Å²) in [5.74, 6) is 4.49. The SMILES string of the molecule is CCN(CC)C(=S)SCc1c(CSC(=S)N(CC)CC)c(CSC(=S)N(CC)CC)c(CSC(=S)N(CC)CC)c(CSC(=S)N(CC)CC)c1CSC(=S)N(CC)CC. The Hall–Kier alpha value is 0.660. The quantitative estimate of drug-likeness (QED) is 0.0916. The van der Waals surface area contributed by atoms with Crippen LogP contribution in [0.15, 0.2) is 0 Å². The summed E-state index contributed by atoms with van der Waals surface area (Å²) in [6.45, 7) is 36.7. The lowest BCUT2D eigenvalue weighted by Crippen LogP contribution is -2.28. The Balaban J connectivity index is 4.54. The average Bonchev–Trinajstić information content (AvgIpc) is 3.24. The van der Waals surface area contributed by atoms with Gasteiger partial charge in [0.1, 0.15) is 25.9 Å². The number of thioether (sulfide) groups is 6. The third-order valence-electron chi connectivity index (χ3n) is 10.4. The van der Waals surface area contributed by atoms with E-state index in [0.29, 0.717) is 0 Å². The molecule has 6 nitrogen and oxygen atoms in total. The van der Waals surface area contributed by atoms with Crippen LogP contribution in [-0.2, 0) is 34.5 Å². The zero-order valence-electron chi connectivity index (χ0n) is 38.3. The molecule has 0 aliphatic heterocycles. The van der Waals surface area contributed by atoms with Crippen LogP contribution in [0.3, 0.4) is 0 Å². The molecule has 1 aromatic carbocycles. The molecule has 0 aliphatic carbocycles. The average molecular weight is 1050 g/mol. The zero-order valence-corrected chi connectivity index (χ0v) is 48.1. The van der Waals surface area contributed by atoms with E-state index in [4.69, 9.17) is 73.3 Å². The van der Waals surface area contributed by atoms with Crippen molar-refractivity contribution in [3.05, 3.63) is 33.4 Å². The molecular formula is C42H72N6S12. The highest BCUT2D eigenvalue weighted by Gasteiger charge is 2.28. The van der Waals surface area contributed by atoms with Crippen molar-refractivity contribution in [1.29, 1.82) is 0 Å². The molecule has 0 saturated carbocycles. The van der Waals surface area contributed by atoms with Gasteiger partial charge in [-0.2, -0.15) is 0 Å². The van der Waals surface area contributed by atoms with Crippen molar-refractivity contribution < 1.29 is 0 Å². The Bertz CT molecular complexity index is 1210. The van der Waals surface area contributed by atoms with Crippen molar-refractivity contribution in [2.75, 3.05) is 78.5 Å². The summed E-state index contributed by atoms with van der Waals surface area (Å²) >= 11 is 47.5. The van der Waals surface area contributed by atoms with Crippen LogP contribution in [0.5, 0.6) is 0 Å². The van der Waals surface area contributed by atoms with Crippen LogP contribution in [0.2, 0.25) is 0 Å². The van der Waals surface area contributed by atoms with Gasteiger partial charge in [-0.1, -0.05) is 144 Å². The standard InChI is InChI=1S/C42H72N6S12/c1-13-43(14-2)37(49)55-25-31-32(26-56-38(50)44(15-3)16-4)34(28-58-40(52)46(19-7)20-8)36(30-60-42(54)48(23-11)24-12)35(29-59-41(53)47(21-9)22-10)33(31)27-57-39(51)45(17-5)18-6/h13-30H2,1-12H3. The minimum atomic E-state index is 0.749. The number of hydrogen-bond donors (Lipinski definition) is 0. The fraction of sp³-hybridized carbons (Fsp3) is 0.714. The lowest BCUT2D eigenvalue weighted by molar-refractivity contribution is 0.482. The van der Waals surface area contributed by atoms with Crippen LogP contribution in [-0.4, -0.2) is 134 Å². The largest absolute Gasteiger partial charge is 0.358 e. The summed E-state index contributed by atoms with van der Waals surface area (Å²) in [5, 5.41) is 0. The van der Waals surface area contributed by atoms with E-state index >= 15 is 0 Å². The van der Waals surface area contributed by atoms with E-state index in [2.05, 4.69) is 112 Å². The lowest BCUT2D eigenvalue weighted by atomic mass is 9.90. The van der Waals surface area contributed by atoms with Crippen LogP contribution in [0, 0.1) is 0 Å². The van der Waals surface area contributed by atoms with Crippen LogP contribution >= 0.6 is 144 Å². The molecule has 60 heavy (non-hydrogen) atoms. The number of thiocarbonyl (C=S) groups is 6. The zero-order chi connectivity index (χ0) is 45.4. The molecule has 0 atom stereocenters. The van der Waals surface area contributed by atoms with Crippen LogP contribution < -0.4 is 0 Å². The first-order valence-electron chi connectivity index (χ1n) is 21.4. The van der Waals surface area contributed by atoms with Gasteiger partial charge < -0.3 is 29.4 Å². The molecular weight excluding hydrogens is 973 g/mol. The monoisotopic (exact) mass is 1040 g/mol. The van der Waals surface area contributed by atoms with Gasteiger partial charge in [0, 0.05) is 113 Å². The minimum absolute atomic E-state index is 0.749. The first-order chi connectivity index (χ1) is 28.7. The van der Waals surface area contributed by atoms with Gasteiger partial charge in [0.25, 0.3) is 0 Å². The first-order valence-corrected chi connectivity index (χ1v) is 29.8. The molecule has 0 fully saturated rings. The van der Waals surface area contributed by atoms with E-state index in [9.17, 15) is 0 Å². The van der Waals surface area contributed by atoms with Gasteiger partial charge in [0.15, 0.2) is 0 Å². The van der Waals surface area contributed by atoms with Gasteiger partial charge in [0.05, 0.1) is 0 Å². The number of rotatable bonds is 24. The molecule has 1 aromatic rings. The van der Waals surface area contributed by atoms with Gasteiger partial charge in [-0.05, 0) is 116 Å². The molecule has 18 heteroatoms. The van der Waals surface area contributed by atoms with Gasteiger partial charge in [-0.25, -0.2) is 0 Å². The smallest absolute Gasteiger partial charge is 0.136 e. The van der Waals surface area contributed by atoms with Gasteiger partial charge in [0.2, 0.25) is 0 Å². The van der Waals surface area contributed by atoms with E-state index in [1.165, 1.54) is 33.4 Å². The predicted molar refractivity (Wildman–Crippen MR) is 307 cm³/mol. The van der Waals surface area contributed by atoms with Crippen molar-refractivity contribution in [3.63, 3.8) is 0 Å². The summed E-state index contributed by atoms with van der Waals surface area (Å²) in [4.78, 5) is 13.7. The highest BCUT2D eigenvalue weighted by atomic mass is 32.2. The minimum Gasteiger partial charge on any atom is -0.358 e. The first kappa shape index (κ1) is 58.7. The van der Waals surface area contributed by atoms with Crippen LogP contribution in [0.25, 0.3) is 0 Å². The lowest BCUT2D eigenvalue weighted by Gasteiger charge is -2.30. The topological polar surface area (TPSA) is 19.4 Å². The van der Waals surface area contributed by atoms with Crippen molar-refractivity contribution >= 4 is 170 Å². The third kappa shape index (κ3) is 18.5. The Kier molecular flexibility index (Phi) is 32.4. The highest BCUT2D eigenvalue weighted by Crippen LogP contribution is 2.42. The number of nitrogens with zero attached hydrogens (tertiary/aromatic N) is 6. The van der Waals surface area contributed by atoms with Crippen LogP contribution in [0.4, 0.5) is 0 Å². The van der Waals surface area contributed by atoms with Gasteiger partial charge in [-0.3, -0.25) is 0 Å². The molecule has 0 saturated heterocycles. The van der Waals surface area contributed by atoms with Crippen molar-refractivity contribution in [3.8, 4) is 0 Å². The molecule has 0 aromatic heterocycles. The van der Waals surface area contributed by atoms with E-state index in [1.54, 1.807) is 70.6 Å².